The normalized spacial score (nSPS) is 13.7. The van der Waals surface area contributed by atoms with Crippen molar-refractivity contribution in [1.82, 2.24) is 20.8 Å². The Balaban J connectivity index is 1.33. The van der Waals surface area contributed by atoms with E-state index in [9.17, 15) is 9.59 Å². The fourth-order valence-electron chi connectivity index (χ4n) is 2.04. The Bertz CT molecular complexity index is 661. The molecule has 2 N–H and O–H groups in total. The predicted octanol–water partition coefficient (Wildman–Crippen LogP) is 1.25. The molecule has 0 aliphatic heterocycles. The van der Waals surface area contributed by atoms with E-state index in [-0.39, 0.29) is 30.2 Å². The maximum absolute atomic E-state index is 11.7. The highest BCUT2D eigenvalue weighted by Crippen LogP contribution is 2.28. The van der Waals surface area contributed by atoms with Crippen LogP contribution in [0.3, 0.4) is 0 Å². The molecule has 8 nitrogen and oxygen atoms in total. The number of aromatic nitrogens is 2. The van der Waals surface area contributed by atoms with Crippen molar-refractivity contribution in [3.05, 3.63) is 24.2 Å². The fraction of sp³-hybridized carbons (Fsp3) is 0.467. The smallest absolute Gasteiger partial charge is 0.293 e. The number of carbonyl (C=O) groups excluding carboxylic acids is 2. The molecule has 1 aliphatic rings. The first-order valence-corrected chi connectivity index (χ1v) is 7.63. The lowest BCUT2D eigenvalue weighted by molar-refractivity contribution is -0.123. The van der Waals surface area contributed by atoms with Crippen LogP contribution in [0.2, 0.25) is 0 Å². The van der Waals surface area contributed by atoms with E-state index < -0.39 is 0 Å². The first-order chi connectivity index (χ1) is 11.2. The zero-order chi connectivity index (χ0) is 16.1. The van der Waals surface area contributed by atoms with Crippen molar-refractivity contribution < 1.29 is 18.5 Å². The Morgan fingerprint density at radius 1 is 1.30 bits per heavy atom. The molecule has 0 saturated heterocycles. The van der Waals surface area contributed by atoms with Crippen molar-refractivity contribution in [3.8, 4) is 11.7 Å². The van der Waals surface area contributed by atoms with E-state index in [1.807, 2.05) is 0 Å². The molecule has 1 fully saturated rings. The van der Waals surface area contributed by atoms with Crippen LogP contribution in [0.4, 0.5) is 0 Å². The minimum atomic E-state index is -0.116. The number of hydrogen-bond acceptors (Lipinski definition) is 6. The monoisotopic (exact) mass is 318 g/mol. The summed E-state index contributed by atoms with van der Waals surface area (Å²) in [5.41, 5.74) is 0. The van der Waals surface area contributed by atoms with Crippen LogP contribution >= 0.6 is 0 Å². The van der Waals surface area contributed by atoms with Gasteiger partial charge in [-0.05, 0) is 31.4 Å². The topological polar surface area (TPSA) is 110 Å². The third kappa shape index (κ3) is 4.41. The maximum atomic E-state index is 11.7. The molecule has 2 aromatic heterocycles. The van der Waals surface area contributed by atoms with Crippen molar-refractivity contribution >= 4 is 11.8 Å². The van der Waals surface area contributed by atoms with Gasteiger partial charge in [0.2, 0.25) is 11.8 Å². The Hall–Kier alpha value is -2.64. The minimum absolute atomic E-state index is 0.0997. The molecule has 0 aromatic carbocycles. The maximum Gasteiger partial charge on any atom is 0.293 e. The van der Waals surface area contributed by atoms with Gasteiger partial charge in [0.15, 0.2) is 11.6 Å². The van der Waals surface area contributed by atoms with Gasteiger partial charge < -0.3 is 19.6 Å². The Kier molecular flexibility index (Phi) is 4.70. The predicted molar refractivity (Wildman–Crippen MR) is 78.8 cm³/mol. The summed E-state index contributed by atoms with van der Waals surface area (Å²) >= 11 is 0. The molecule has 8 heteroatoms. The van der Waals surface area contributed by atoms with Gasteiger partial charge in [-0.2, -0.15) is 4.98 Å². The molecule has 23 heavy (non-hydrogen) atoms. The summed E-state index contributed by atoms with van der Waals surface area (Å²) < 4.78 is 10.2. The van der Waals surface area contributed by atoms with Gasteiger partial charge in [-0.25, -0.2) is 0 Å². The standard InChI is InChI=1S/C15H18N4O4/c20-13(4-1-7-16-14(21)10-5-6-10)17-9-12-18-15(23-19-12)11-3-2-8-22-11/h2-3,8,10H,1,4-7,9H2,(H,16,21)(H,17,20). The van der Waals surface area contributed by atoms with Crippen LogP contribution in [-0.2, 0) is 16.1 Å². The van der Waals surface area contributed by atoms with Gasteiger partial charge in [-0.1, -0.05) is 5.16 Å². The van der Waals surface area contributed by atoms with Gasteiger partial charge in [-0.3, -0.25) is 9.59 Å². The third-order valence-electron chi connectivity index (χ3n) is 3.47. The fourth-order valence-corrected chi connectivity index (χ4v) is 2.04. The second-order valence-electron chi connectivity index (χ2n) is 5.44. The van der Waals surface area contributed by atoms with Gasteiger partial charge in [0.1, 0.15) is 0 Å². The molecule has 0 unspecified atom stereocenters. The summed E-state index contributed by atoms with van der Waals surface area (Å²) in [6, 6.07) is 3.44. The van der Waals surface area contributed by atoms with Crippen molar-refractivity contribution in [1.29, 1.82) is 0 Å². The first-order valence-electron chi connectivity index (χ1n) is 7.63. The number of hydrogen-bond donors (Lipinski definition) is 2. The van der Waals surface area contributed by atoms with E-state index in [4.69, 9.17) is 8.94 Å². The Morgan fingerprint density at radius 2 is 2.17 bits per heavy atom. The summed E-state index contributed by atoms with van der Waals surface area (Å²) in [4.78, 5) is 27.3. The number of nitrogens with zero attached hydrogens (tertiary/aromatic N) is 2. The van der Waals surface area contributed by atoms with E-state index in [0.717, 1.165) is 12.8 Å². The van der Waals surface area contributed by atoms with Crippen molar-refractivity contribution in [3.63, 3.8) is 0 Å². The summed E-state index contributed by atoms with van der Waals surface area (Å²) in [6.45, 7) is 0.713. The van der Waals surface area contributed by atoms with E-state index in [1.54, 1.807) is 12.1 Å². The van der Waals surface area contributed by atoms with Crippen LogP contribution in [0.15, 0.2) is 27.3 Å². The first kappa shape index (κ1) is 15.3. The Morgan fingerprint density at radius 3 is 2.91 bits per heavy atom. The second-order valence-corrected chi connectivity index (χ2v) is 5.44. The van der Waals surface area contributed by atoms with Crippen LogP contribution < -0.4 is 10.6 Å². The second kappa shape index (κ2) is 7.08. The lowest BCUT2D eigenvalue weighted by Gasteiger charge is -2.04. The van der Waals surface area contributed by atoms with Crippen LogP contribution in [0.1, 0.15) is 31.5 Å². The molecule has 122 valence electrons. The molecule has 0 atom stereocenters. The van der Waals surface area contributed by atoms with E-state index in [0.29, 0.717) is 31.0 Å². The molecule has 0 spiro atoms. The highest BCUT2D eigenvalue weighted by Gasteiger charge is 2.28. The molecule has 2 aromatic rings. The molecule has 0 radical (unpaired) electrons. The van der Waals surface area contributed by atoms with E-state index >= 15 is 0 Å². The third-order valence-corrected chi connectivity index (χ3v) is 3.47. The molecule has 2 amide bonds. The van der Waals surface area contributed by atoms with Crippen LogP contribution in [0, 0.1) is 5.92 Å². The van der Waals surface area contributed by atoms with Crippen LogP contribution in [0.25, 0.3) is 11.7 Å². The molecular weight excluding hydrogens is 300 g/mol. The summed E-state index contributed by atoms with van der Waals surface area (Å²) in [5.74, 6) is 1.33. The molecule has 3 rings (SSSR count). The van der Waals surface area contributed by atoms with Gasteiger partial charge in [0.05, 0.1) is 12.8 Å². The average Bonchev–Trinajstić information content (AvgIpc) is 3.07. The van der Waals surface area contributed by atoms with Crippen molar-refractivity contribution in [2.75, 3.05) is 6.54 Å². The zero-order valence-corrected chi connectivity index (χ0v) is 12.6. The van der Waals surface area contributed by atoms with Crippen molar-refractivity contribution in [2.24, 2.45) is 5.92 Å². The minimum Gasteiger partial charge on any atom is -0.459 e. The highest BCUT2D eigenvalue weighted by atomic mass is 16.5. The van der Waals surface area contributed by atoms with E-state index in [1.165, 1.54) is 6.26 Å². The van der Waals surface area contributed by atoms with Crippen LogP contribution in [0.5, 0.6) is 0 Å². The zero-order valence-electron chi connectivity index (χ0n) is 12.6. The number of amides is 2. The quantitative estimate of drug-likeness (QED) is 0.709. The molecule has 0 bridgehead atoms. The largest absolute Gasteiger partial charge is 0.459 e. The number of carbonyl (C=O) groups is 2. The summed E-state index contributed by atoms with van der Waals surface area (Å²) in [5, 5.41) is 9.31. The lowest BCUT2D eigenvalue weighted by Crippen LogP contribution is -2.28. The number of rotatable bonds is 8. The van der Waals surface area contributed by atoms with Crippen molar-refractivity contribution in [2.45, 2.75) is 32.2 Å². The van der Waals surface area contributed by atoms with Gasteiger partial charge in [0, 0.05) is 18.9 Å². The molecular formula is C15H18N4O4. The molecule has 1 saturated carbocycles. The van der Waals surface area contributed by atoms with Crippen LogP contribution in [-0.4, -0.2) is 28.5 Å². The summed E-state index contributed by atoms with van der Waals surface area (Å²) in [6.07, 6.45) is 4.43. The SMILES string of the molecule is O=C(CCCNC(=O)C1CC1)NCc1noc(-c2ccco2)n1. The van der Waals surface area contributed by atoms with Gasteiger partial charge in [-0.15, -0.1) is 0 Å². The van der Waals surface area contributed by atoms with Gasteiger partial charge in [0.25, 0.3) is 5.89 Å². The Labute approximate surface area is 132 Å². The van der Waals surface area contributed by atoms with Gasteiger partial charge >= 0.3 is 0 Å². The lowest BCUT2D eigenvalue weighted by atomic mass is 10.3. The number of furan rings is 1. The molecule has 1 aliphatic carbocycles. The summed E-state index contributed by atoms with van der Waals surface area (Å²) in [7, 11) is 0. The highest BCUT2D eigenvalue weighted by molar-refractivity contribution is 5.81. The molecule has 2 heterocycles. The average molecular weight is 318 g/mol. The van der Waals surface area contributed by atoms with E-state index in [2.05, 4.69) is 20.8 Å². The number of nitrogens with one attached hydrogen (secondary N) is 2.